The lowest BCUT2D eigenvalue weighted by atomic mass is 10.0. The summed E-state index contributed by atoms with van der Waals surface area (Å²) in [5.74, 6) is -0.178. The lowest BCUT2D eigenvalue weighted by Gasteiger charge is -2.17. The molecule has 3 rings (SSSR count). The first-order chi connectivity index (χ1) is 10.7. The Morgan fingerprint density at radius 1 is 1.00 bits per heavy atom. The van der Waals surface area contributed by atoms with Crippen LogP contribution in [0.25, 0.3) is 0 Å². The van der Waals surface area contributed by atoms with Crippen LogP contribution in [-0.2, 0) is 0 Å². The van der Waals surface area contributed by atoms with Gasteiger partial charge in [-0.25, -0.2) is 4.39 Å². The van der Waals surface area contributed by atoms with Gasteiger partial charge >= 0.3 is 0 Å². The highest BCUT2D eigenvalue weighted by Gasteiger charge is 2.20. The van der Waals surface area contributed by atoms with Crippen LogP contribution in [0.2, 0.25) is 0 Å². The number of furan rings is 1. The molecule has 110 valence electrons. The molecule has 0 aliphatic carbocycles. The van der Waals surface area contributed by atoms with Crippen molar-refractivity contribution >= 4 is 5.91 Å². The number of amides is 1. The molecule has 22 heavy (non-hydrogen) atoms. The smallest absolute Gasteiger partial charge is 0.252 e. The Hall–Kier alpha value is -2.88. The first-order valence-corrected chi connectivity index (χ1v) is 6.89. The highest BCUT2D eigenvalue weighted by molar-refractivity contribution is 5.94. The van der Waals surface area contributed by atoms with E-state index in [9.17, 15) is 9.18 Å². The fourth-order valence-corrected chi connectivity index (χ4v) is 2.26. The van der Waals surface area contributed by atoms with Crippen molar-refractivity contribution in [2.24, 2.45) is 0 Å². The monoisotopic (exact) mass is 295 g/mol. The van der Waals surface area contributed by atoms with E-state index in [0.717, 1.165) is 5.56 Å². The van der Waals surface area contributed by atoms with Crippen LogP contribution in [-0.4, -0.2) is 5.91 Å². The Balaban J connectivity index is 1.89. The van der Waals surface area contributed by atoms with Crippen molar-refractivity contribution in [3.63, 3.8) is 0 Å². The average molecular weight is 295 g/mol. The van der Waals surface area contributed by atoms with E-state index in [0.29, 0.717) is 5.76 Å². The summed E-state index contributed by atoms with van der Waals surface area (Å²) in [6.07, 6.45) is 1.56. The van der Waals surface area contributed by atoms with Gasteiger partial charge in [-0.3, -0.25) is 4.79 Å². The number of carbonyl (C=O) groups is 1. The van der Waals surface area contributed by atoms with Crippen LogP contribution in [0.5, 0.6) is 0 Å². The predicted octanol–water partition coefficient (Wildman–Crippen LogP) is 3.94. The zero-order valence-corrected chi connectivity index (χ0v) is 11.7. The Labute approximate surface area is 127 Å². The van der Waals surface area contributed by atoms with Crippen molar-refractivity contribution in [2.75, 3.05) is 0 Å². The van der Waals surface area contributed by atoms with E-state index in [1.165, 1.54) is 18.2 Å². The maximum atomic E-state index is 13.3. The fraction of sp³-hybridized carbons (Fsp3) is 0.0556. The van der Waals surface area contributed by atoms with Crippen LogP contribution in [0.1, 0.15) is 27.7 Å². The molecule has 1 aromatic heterocycles. The molecule has 0 aliphatic heterocycles. The molecule has 1 amide bonds. The number of nitrogens with one attached hydrogen (secondary N) is 1. The van der Waals surface area contributed by atoms with Crippen LogP contribution in [0.15, 0.2) is 77.4 Å². The quantitative estimate of drug-likeness (QED) is 0.792. The van der Waals surface area contributed by atoms with Crippen molar-refractivity contribution in [2.45, 2.75) is 6.04 Å². The molecule has 0 saturated heterocycles. The molecule has 1 N–H and O–H groups in total. The summed E-state index contributed by atoms with van der Waals surface area (Å²) >= 11 is 0. The first-order valence-electron chi connectivity index (χ1n) is 6.89. The molecule has 0 spiro atoms. The normalized spacial score (nSPS) is 11.9. The summed E-state index contributed by atoms with van der Waals surface area (Å²) in [5, 5.41) is 2.88. The largest absolute Gasteiger partial charge is 0.467 e. The Bertz CT molecular complexity index is 754. The van der Waals surface area contributed by atoms with Gasteiger partial charge in [0.25, 0.3) is 5.91 Å². The topological polar surface area (TPSA) is 42.2 Å². The molecule has 4 heteroatoms. The molecule has 0 fully saturated rings. The van der Waals surface area contributed by atoms with E-state index in [1.54, 1.807) is 24.5 Å². The zero-order chi connectivity index (χ0) is 15.4. The minimum absolute atomic E-state index is 0.271. The second kappa shape index (κ2) is 6.26. The van der Waals surface area contributed by atoms with Crippen molar-refractivity contribution in [3.8, 4) is 0 Å². The van der Waals surface area contributed by atoms with E-state index >= 15 is 0 Å². The summed E-state index contributed by atoms with van der Waals surface area (Å²) in [7, 11) is 0. The van der Waals surface area contributed by atoms with Crippen molar-refractivity contribution in [3.05, 3.63) is 95.7 Å². The van der Waals surface area contributed by atoms with Crippen LogP contribution >= 0.6 is 0 Å². The summed E-state index contributed by atoms with van der Waals surface area (Å²) in [5.41, 5.74) is 1.16. The lowest BCUT2D eigenvalue weighted by molar-refractivity contribution is 0.0938. The molecule has 1 atom stereocenters. The maximum absolute atomic E-state index is 13.3. The first kappa shape index (κ1) is 14.1. The van der Waals surface area contributed by atoms with E-state index in [1.807, 2.05) is 30.3 Å². The van der Waals surface area contributed by atoms with E-state index in [2.05, 4.69) is 5.32 Å². The van der Waals surface area contributed by atoms with E-state index < -0.39 is 11.9 Å². The summed E-state index contributed by atoms with van der Waals surface area (Å²) in [6, 6.07) is 18.2. The average Bonchev–Trinajstić information content (AvgIpc) is 3.07. The van der Waals surface area contributed by atoms with Gasteiger partial charge < -0.3 is 9.73 Å². The molecule has 0 bridgehead atoms. The van der Waals surface area contributed by atoms with Gasteiger partial charge in [-0.15, -0.1) is 0 Å². The van der Waals surface area contributed by atoms with Crippen LogP contribution in [0.4, 0.5) is 4.39 Å². The number of hydrogen-bond acceptors (Lipinski definition) is 2. The van der Waals surface area contributed by atoms with Gasteiger partial charge in [0, 0.05) is 5.56 Å². The lowest BCUT2D eigenvalue weighted by Crippen LogP contribution is -2.29. The van der Waals surface area contributed by atoms with Gasteiger partial charge in [0.2, 0.25) is 0 Å². The summed E-state index contributed by atoms with van der Waals surface area (Å²) < 4.78 is 18.7. The summed E-state index contributed by atoms with van der Waals surface area (Å²) in [6.45, 7) is 0. The maximum Gasteiger partial charge on any atom is 0.252 e. The van der Waals surface area contributed by atoms with Gasteiger partial charge in [-0.05, 0) is 35.9 Å². The standard InChI is InChI=1S/C18H14FNO2/c19-15-9-4-8-14(12-15)18(21)20-17(16-10-5-11-22-16)13-6-2-1-3-7-13/h1-12,17H,(H,20,21)/t17-/m1/s1. The minimum atomic E-state index is -0.443. The highest BCUT2D eigenvalue weighted by Crippen LogP contribution is 2.23. The third-order valence-electron chi connectivity index (χ3n) is 3.32. The van der Waals surface area contributed by atoms with E-state index in [4.69, 9.17) is 4.42 Å². The van der Waals surface area contributed by atoms with Crippen LogP contribution < -0.4 is 5.32 Å². The second-order valence-corrected chi connectivity index (χ2v) is 4.84. The summed E-state index contributed by atoms with van der Waals surface area (Å²) in [4.78, 5) is 12.4. The molecule has 3 nitrogen and oxygen atoms in total. The Morgan fingerprint density at radius 3 is 2.50 bits per heavy atom. The SMILES string of the molecule is O=C(N[C@H](c1ccccc1)c1ccco1)c1cccc(F)c1. The number of benzene rings is 2. The molecular weight excluding hydrogens is 281 g/mol. The molecule has 0 saturated carbocycles. The number of halogens is 1. The third-order valence-corrected chi connectivity index (χ3v) is 3.32. The predicted molar refractivity (Wildman–Crippen MR) is 80.9 cm³/mol. The van der Waals surface area contributed by atoms with Gasteiger partial charge in [-0.1, -0.05) is 36.4 Å². The van der Waals surface area contributed by atoms with Gasteiger partial charge in [0.15, 0.2) is 0 Å². The van der Waals surface area contributed by atoms with Gasteiger partial charge in [-0.2, -0.15) is 0 Å². The zero-order valence-electron chi connectivity index (χ0n) is 11.7. The van der Waals surface area contributed by atoms with Crippen molar-refractivity contribution in [1.82, 2.24) is 5.32 Å². The highest BCUT2D eigenvalue weighted by atomic mass is 19.1. The van der Waals surface area contributed by atoms with Crippen LogP contribution in [0, 0.1) is 5.82 Å². The molecule has 3 aromatic rings. The minimum Gasteiger partial charge on any atom is -0.467 e. The molecular formula is C18H14FNO2. The Kier molecular flexibility index (Phi) is 4.01. The number of carbonyl (C=O) groups excluding carboxylic acids is 1. The number of hydrogen-bond donors (Lipinski definition) is 1. The molecule has 2 aromatic carbocycles. The van der Waals surface area contributed by atoms with Crippen LogP contribution in [0.3, 0.4) is 0 Å². The van der Waals surface area contributed by atoms with Crippen molar-refractivity contribution < 1.29 is 13.6 Å². The molecule has 0 unspecified atom stereocenters. The molecule has 0 aliphatic rings. The second-order valence-electron chi connectivity index (χ2n) is 4.84. The fourth-order valence-electron chi connectivity index (χ4n) is 2.26. The molecule has 1 heterocycles. The number of rotatable bonds is 4. The molecule has 0 radical (unpaired) electrons. The third kappa shape index (κ3) is 3.06. The Morgan fingerprint density at radius 2 is 1.82 bits per heavy atom. The van der Waals surface area contributed by atoms with Gasteiger partial charge in [0.05, 0.1) is 6.26 Å². The van der Waals surface area contributed by atoms with E-state index in [-0.39, 0.29) is 11.5 Å². The van der Waals surface area contributed by atoms with Gasteiger partial charge in [0.1, 0.15) is 17.6 Å². The van der Waals surface area contributed by atoms with Crippen molar-refractivity contribution in [1.29, 1.82) is 0 Å².